The number of hydrogen-bond acceptors (Lipinski definition) is 3. The average Bonchev–Trinajstić information content (AvgIpc) is 2.52. The van der Waals surface area contributed by atoms with Gasteiger partial charge in [-0.3, -0.25) is 4.79 Å². The highest BCUT2D eigenvalue weighted by Crippen LogP contribution is 2.24. The van der Waals surface area contributed by atoms with Gasteiger partial charge in [-0.15, -0.1) is 0 Å². The van der Waals surface area contributed by atoms with E-state index in [-0.39, 0.29) is 36.8 Å². The molecule has 24 heavy (non-hydrogen) atoms. The molecule has 0 aliphatic heterocycles. The van der Waals surface area contributed by atoms with Crippen LogP contribution in [0.2, 0.25) is 0 Å². The molecule has 0 radical (unpaired) electrons. The summed E-state index contributed by atoms with van der Waals surface area (Å²) in [6.45, 7) is 3.35. The van der Waals surface area contributed by atoms with Crippen LogP contribution in [0.15, 0.2) is 40.9 Å². The lowest BCUT2D eigenvalue weighted by atomic mass is 10.0. The quantitative estimate of drug-likeness (QED) is 0.620. The third-order valence-corrected chi connectivity index (χ3v) is 4.03. The molecule has 0 atom stereocenters. The first-order valence-electron chi connectivity index (χ1n) is 7.57. The van der Waals surface area contributed by atoms with Gasteiger partial charge in [0.05, 0.1) is 5.56 Å². The third-order valence-electron chi connectivity index (χ3n) is 3.54. The molecule has 0 amide bonds. The van der Waals surface area contributed by atoms with E-state index < -0.39 is 0 Å². The van der Waals surface area contributed by atoms with Crippen molar-refractivity contribution in [3.05, 3.63) is 63.4 Å². The van der Waals surface area contributed by atoms with Gasteiger partial charge in [-0.2, -0.15) is 0 Å². The number of hydrogen-bond donors (Lipinski definition) is 0. The van der Waals surface area contributed by atoms with E-state index in [4.69, 9.17) is 4.74 Å². The highest BCUT2D eigenvalue weighted by molar-refractivity contribution is 9.10. The molecule has 0 aromatic heterocycles. The second-order valence-electron chi connectivity index (χ2n) is 5.65. The van der Waals surface area contributed by atoms with Crippen LogP contribution in [0.5, 0.6) is 5.75 Å². The summed E-state index contributed by atoms with van der Waals surface area (Å²) < 4.78 is 20.2. The fourth-order valence-electron chi connectivity index (χ4n) is 2.21. The lowest BCUT2D eigenvalue weighted by Gasteiger charge is -2.12. The molecule has 0 fully saturated rings. The maximum Gasteiger partial charge on any atom is 0.167 e. The molecule has 0 saturated heterocycles. The number of rotatable bonds is 7. The van der Waals surface area contributed by atoms with Crippen LogP contribution in [0, 0.1) is 12.7 Å². The molecule has 5 heteroatoms. The van der Waals surface area contributed by atoms with Crippen LogP contribution in [0.4, 0.5) is 4.39 Å². The van der Waals surface area contributed by atoms with Gasteiger partial charge >= 0.3 is 0 Å². The summed E-state index contributed by atoms with van der Waals surface area (Å²) in [7, 11) is 0. The summed E-state index contributed by atoms with van der Waals surface area (Å²) in [4.78, 5) is 23.4. The second kappa shape index (κ2) is 8.20. The minimum Gasteiger partial charge on any atom is -0.488 e. The number of benzene rings is 2. The fraction of sp³-hybridized carbons (Fsp3) is 0.263. The molecule has 0 aliphatic carbocycles. The number of halogens is 2. The molecule has 126 valence electrons. The van der Waals surface area contributed by atoms with Crippen LogP contribution in [-0.2, 0) is 11.4 Å². The van der Waals surface area contributed by atoms with Crippen molar-refractivity contribution in [3.8, 4) is 5.75 Å². The van der Waals surface area contributed by atoms with Gasteiger partial charge < -0.3 is 9.53 Å². The summed E-state index contributed by atoms with van der Waals surface area (Å²) >= 11 is 3.21. The van der Waals surface area contributed by atoms with Gasteiger partial charge in [0.25, 0.3) is 0 Å². The zero-order valence-electron chi connectivity index (χ0n) is 13.6. The molecule has 0 saturated carbocycles. The topological polar surface area (TPSA) is 43.4 Å². The number of ketones is 2. The molecule has 0 heterocycles. The Morgan fingerprint density at radius 2 is 1.88 bits per heavy atom. The van der Waals surface area contributed by atoms with E-state index in [2.05, 4.69) is 15.9 Å². The minimum absolute atomic E-state index is 0.0230. The lowest BCUT2D eigenvalue weighted by Crippen LogP contribution is -2.07. The number of Topliss-reactive ketones (excluding diaryl/α,β-unsaturated/α-hetero) is 2. The van der Waals surface area contributed by atoms with Crippen molar-refractivity contribution in [1.82, 2.24) is 0 Å². The summed E-state index contributed by atoms with van der Waals surface area (Å²) in [5.41, 5.74) is 1.75. The first kappa shape index (κ1) is 18.3. The van der Waals surface area contributed by atoms with E-state index in [0.29, 0.717) is 21.3 Å². The van der Waals surface area contributed by atoms with Crippen LogP contribution in [0.3, 0.4) is 0 Å². The molecule has 2 aromatic rings. The Bertz CT molecular complexity index is 771. The normalized spacial score (nSPS) is 10.5. The van der Waals surface area contributed by atoms with E-state index >= 15 is 0 Å². The molecule has 3 nitrogen and oxygen atoms in total. The zero-order valence-corrected chi connectivity index (χ0v) is 15.2. The summed E-state index contributed by atoms with van der Waals surface area (Å²) in [6.07, 6.45) is 0.343. The number of ether oxygens (including phenoxy) is 1. The number of carbonyl (C=O) groups excluding carboxylic acids is 2. The van der Waals surface area contributed by atoms with Gasteiger partial charge in [0, 0.05) is 22.9 Å². The van der Waals surface area contributed by atoms with Crippen molar-refractivity contribution in [3.63, 3.8) is 0 Å². The SMILES string of the molecule is CC(=O)CCC(=O)c1cc(C)ccc1OCc1ccc(Br)cc1F. The van der Waals surface area contributed by atoms with Crippen LogP contribution in [0.25, 0.3) is 0 Å². The number of carbonyl (C=O) groups is 2. The fourth-order valence-corrected chi connectivity index (χ4v) is 2.54. The molecule has 0 spiro atoms. The predicted octanol–water partition coefficient (Wildman–Crippen LogP) is 5.03. The molecule has 0 aliphatic rings. The highest BCUT2D eigenvalue weighted by atomic mass is 79.9. The van der Waals surface area contributed by atoms with Crippen LogP contribution in [0.1, 0.15) is 41.3 Å². The predicted molar refractivity (Wildman–Crippen MR) is 93.9 cm³/mol. The maximum absolute atomic E-state index is 13.9. The Morgan fingerprint density at radius 1 is 1.12 bits per heavy atom. The zero-order chi connectivity index (χ0) is 17.7. The van der Waals surface area contributed by atoms with Crippen molar-refractivity contribution in [2.45, 2.75) is 33.3 Å². The van der Waals surface area contributed by atoms with Gasteiger partial charge in [-0.25, -0.2) is 4.39 Å². The largest absolute Gasteiger partial charge is 0.488 e. The molecule has 0 unspecified atom stereocenters. The Kier molecular flexibility index (Phi) is 6.26. The van der Waals surface area contributed by atoms with Crippen LogP contribution >= 0.6 is 15.9 Å². The monoisotopic (exact) mass is 392 g/mol. The Morgan fingerprint density at radius 3 is 2.54 bits per heavy atom. The average molecular weight is 393 g/mol. The standard InChI is InChI=1S/C19H18BrFO3/c1-12-3-8-19(16(9-12)18(23)7-4-13(2)22)24-11-14-5-6-15(20)10-17(14)21/h3,5-6,8-10H,4,7,11H2,1-2H3. The smallest absolute Gasteiger partial charge is 0.167 e. The van der Waals surface area contributed by atoms with Gasteiger partial charge in [-0.1, -0.05) is 33.6 Å². The molecule has 2 rings (SSSR count). The molecule has 0 N–H and O–H groups in total. The molecule has 0 bridgehead atoms. The lowest BCUT2D eigenvalue weighted by molar-refractivity contribution is -0.116. The summed E-state index contributed by atoms with van der Waals surface area (Å²) in [6, 6.07) is 9.99. The Hall–Kier alpha value is -2.01. The second-order valence-corrected chi connectivity index (χ2v) is 6.56. The first-order chi connectivity index (χ1) is 11.4. The van der Waals surface area contributed by atoms with E-state index in [9.17, 15) is 14.0 Å². The van der Waals surface area contributed by atoms with Gasteiger partial charge in [-0.05, 0) is 38.1 Å². The summed E-state index contributed by atoms with van der Waals surface area (Å²) in [5, 5.41) is 0. The van der Waals surface area contributed by atoms with Crippen molar-refractivity contribution < 1.29 is 18.7 Å². The van der Waals surface area contributed by atoms with E-state index in [1.807, 2.05) is 13.0 Å². The summed E-state index contributed by atoms with van der Waals surface area (Å²) in [5.74, 6) is -0.159. The van der Waals surface area contributed by atoms with Crippen LogP contribution < -0.4 is 4.74 Å². The highest BCUT2D eigenvalue weighted by Gasteiger charge is 2.14. The maximum atomic E-state index is 13.9. The molecular weight excluding hydrogens is 375 g/mol. The van der Waals surface area contributed by atoms with Gasteiger partial charge in [0.15, 0.2) is 5.78 Å². The first-order valence-corrected chi connectivity index (χ1v) is 8.36. The molecular formula is C19H18BrFO3. The van der Waals surface area contributed by atoms with E-state index in [1.165, 1.54) is 13.0 Å². The van der Waals surface area contributed by atoms with Crippen molar-refractivity contribution in [2.75, 3.05) is 0 Å². The third kappa shape index (κ3) is 4.99. The molecule has 2 aromatic carbocycles. The van der Waals surface area contributed by atoms with Crippen molar-refractivity contribution >= 4 is 27.5 Å². The minimum atomic E-state index is -0.374. The van der Waals surface area contributed by atoms with Crippen LogP contribution in [-0.4, -0.2) is 11.6 Å². The van der Waals surface area contributed by atoms with E-state index in [0.717, 1.165) is 5.56 Å². The van der Waals surface area contributed by atoms with Crippen molar-refractivity contribution in [1.29, 1.82) is 0 Å². The van der Waals surface area contributed by atoms with Gasteiger partial charge in [0.2, 0.25) is 0 Å². The Labute approximate surface area is 149 Å². The Balaban J connectivity index is 2.17. The van der Waals surface area contributed by atoms with Gasteiger partial charge in [0.1, 0.15) is 24.0 Å². The van der Waals surface area contributed by atoms with E-state index in [1.54, 1.807) is 24.3 Å². The van der Waals surface area contributed by atoms with Crippen molar-refractivity contribution in [2.24, 2.45) is 0 Å². The number of aryl methyl sites for hydroxylation is 1.